The van der Waals surface area contributed by atoms with E-state index >= 15 is 0 Å². The molecular formula is C13H27N3. The number of likely N-dealkylation sites (tertiary alicyclic amines) is 1. The Kier molecular flexibility index (Phi) is 4.62. The van der Waals surface area contributed by atoms with Gasteiger partial charge in [0.15, 0.2) is 0 Å². The zero-order valence-electron chi connectivity index (χ0n) is 10.9. The highest BCUT2D eigenvalue weighted by atomic mass is 15.2. The lowest BCUT2D eigenvalue weighted by atomic mass is 9.84. The quantitative estimate of drug-likeness (QED) is 0.766. The summed E-state index contributed by atoms with van der Waals surface area (Å²) >= 11 is 0. The van der Waals surface area contributed by atoms with Gasteiger partial charge in [-0.25, -0.2) is 0 Å². The molecule has 0 aromatic rings. The van der Waals surface area contributed by atoms with Crippen LogP contribution in [0.25, 0.3) is 0 Å². The smallest absolute Gasteiger partial charge is 0.0109 e. The summed E-state index contributed by atoms with van der Waals surface area (Å²) < 4.78 is 0. The third kappa shape index (κ3) is 3.44. The summed E-state index contributed by atoms with van der Waals surface area (Å²) in [6.07, 6.45) is 4.28. The Balaban J connectivity index is 1.65. The minimum Gasteiger partial charge on any atom is -0.316 e. The number of rotatable bonds is 4. The van der Waals surface area contributed by atoms with E-state index in [1.807, 2.05) is 0 Å². The molecule has 1 unspecified atom stereocenters. The number of piperidine rings is 1. The van der Waals surface area contributed by atoms with Gasteiger partial charge in [-0.2, -0.15) is 0 Å². The fourth-order valence-corrected chi connectivity index (χ4v) is 3.07. The van der Waals surface area contributed by atoms with Gasteiger partial charge in [0.1, 0.15) is 0 Å². The SMILES string of the molecule is CN(C)CCN1CCC(C2CCNC2)CC1. The van der Waals surface area contributed by atoms with Crippen molar-refractivity contribution in [2.45, 2.75) is 19.3 Å². The van der Waals surface area contributed by atoms with E-state index in [9.17, 15) is 0 Å². The molecule has 2 saturated heterocycles. The molecule has 2 rings (SSSR count). The van der Waals surface area contributed by atoms with Gasteiger partial charge in [-0.1, -0.05) is 0 Å². The van der Waals surface area contributed by atoms with Crippen molar-refractivity contribution in [3.05, 3.63) is 0 Å². The molecule has 1 N–H and O–H groups in total. The second-order valence-electron chi connectivity index (χ2n) is 5.74. The van der Waals surface area contributed by atoms with Crippen LogP contribution < -0.4 is 5.32 Å². The minimum absolute atomic E-state index is 0.982. The first-order valence-electron chi connectivity index (χ1n) is 6.83. The standard InChI is InChI=1S/C13H27N3/c1-15(2)9-10-16-7-4-12(5-8-16)13-3-6-14-11-13/h12-14H,3-11H2,1-2H3. The van der Waals surface area contributed by atoms with Crippen LogP contribution >= 0.6 is 0 Å². The Hall–Kier alpha value is -0.120. The second-order valence-corrected chi connectivity index (χ2v) is 5.74. The van der Waals surface area contributed by atoms with Crippen molar-refractivity contribution >= 4 is 0 Å². The second kappa shape index (κ2) is 5.99. The first-order valence-corrected chi connectivity index (χ1v) is 6.83. The minimum atomic E-state index is 0.982. The summed E-state index contributed by atoms with van der Waals surface area (Å²) in [7, 11) is 4.33. The van der Waals surface area contributed by atoms with Crippen LogP contribution in [0.1, 0.15) is 19.3 Å². The van der Waals surface area contributed by atoms with E-state index in [1.54, 1.807) is 0 Å². The van der Waals surface area contributed by atoms with E-state index in [1.165, 1.54) is 58.5 Å². The highest BCUT2D eigenvalue weighted by Gasteiger charge is 2.28. The molecule has 0 aliphatic carbocycles. The number of hydrogen-bond acceptors (Lipinski definition) is 3. The van der Waals surface area contributed by atoms with Gasteiger partial charge in [0.05, 0.1) is 0 Å². The summed E-state index contributed by atoms with van der Waals surface area (Å²) in [6.45, 7) is 7.65. The normalized spacial score (nSPS) is 29.1. The molecule has 0 aromatic carbocycles. The molecule has 16 heavy (non-hydrogen) atoms. The summed E-state index contributed by atoms with van der Waals surface area (Å²) in [5, 5.41) is 3.50. The largest absolute Gasteiger partial charge is 0.316 e. The van der Waals surface area contributed by atoms with Gasteiger partial charge in [-0.3, -0.25) is 0 Å². The van der Waals surface area contributed by atoms with Crippen LogP contribution in [0.5, 0.6) is 0 Å². The average molecular weight is 225 g/mol. The Bertz CT molecular complexity index is 191. The molecule has 2 aliphatic rings. The average Bonchev–Trinajstić information content (AvgIpc) is 2.80. The Labute approximate surface area is 100 Å². The lowest BCUT2D eigenvalue weighted by Crippen LogP contribution is -2.39. The van der Waals surface area contributed by atoms with Gasteiger partial charge in [0, 0.05) is 13.1 Å². The molecule has 0 saturated carbocycles. The Morgan fingerprint density at radius 3 is 2.44 bits per heavy atom. The predicted octanol–water partition coefficient (Wildman–Crippen LogP) is 0.869. The number of hydrogen-bond donors (Lipinski definition) is 1. The van der Waals surface area contributed by atoms with Gasteiger partial charge in [0.25, 0.3) is 0 Å². The van der Waals surface area contributed by atoms with Gasteiger partial charge in [-0.15, -0.1) is 0 Å². The zero-order chi connectivity index (χ0) is 11.4. The van der Waals surface area contributed by atoms with Crippen molar-refractivity contribution in [1.82, 2.24) is 15.1 Å². The van der Waals surface area contributed by atoms with Gasteiger partial charge >= 0.3 is 0 Å². The van der Waals surface area contributed by atoms with Crippen LogP contribution in [0, 0.1) is 11.8 Å². The summed E-state index contributed by atoms with van der Waals surface area (Å²) in [6, 6.07) is 0. The van der Waals surface area contributed by atoms with Crippen molar-refractivity contribution in [1.29, 1.82) is 0 Å². The first kappa shape index (κ1) is 12.3. The number of likely N-dealkylation sites (N-methyl/N-ethyl adjacent to an activating group) is 1. The fraction of sp³-hybridized carbons (Fsp3) is 1.00. The molecule has 2 heterocycles. The van der Waals surface area contributed by atoms with E-state index in [4.69, 9.17) is 0 Å². The van der Waals surface area contributed by atoms with Crippen LogP contribution in [0.15, 0.2) is 0 Å². The van der Waals surface area contributed by atoms with Crippen molar-refractivity contribution in [2.24, 2.45) is 11.8 Å². The predicted molar refractivity (Wildman–Crippen MR) is 68.7 cm³/mol. The van der Waals surface area contributed by atoms with Crippen LogP contribution in [0.3, 0.4) is 0 Å². The molecule has 3 nitrogen and oxygen atoms in total. The highest BCUT2D eigenvalue weighted by molar-refractivity contribution is 4.82. The molecule has 0 radical (unpaired) electrons. The third-order valence-electron chi connectivity index (χ3n) is 4.26. The van der Waals surface area contributed by atoms with Crippen molar-refractivity contribution in [2.75, 3.05) is 53.4 Å². The van der Waals surface area contributed by atoms with Gasteiger partial charge < -0.3 is 15.1 Å². The van der Waals surface area contributed by atoms with Crippen LogP contribution in [-0.2, 0) is 0 Å². The maximum atomic E-state index is 3.50. The van der Waals surface area contributed by atoms with Crippen LogP contribution in [0.2, 0.25) is 0 Å². The lowest BCUT2D eigenvalue weighted by Gasteiger charge is -2.35. The van der Waals surface area contributed by atoms with E-state index in [-0.39, 0.29) is 0 Å². The zero-order valence-corrected chi connectivity index (χ0v) is 10.9. The van der Waals surface area contributed by atoms with E-state index in [0.29, 0.717) is 0 Å². The maximum absolute atomic E-state index is 3.50. The van der Waals surface area contributed by atoms with E-state index < -0.39 is 0 Å². The number of nitrogens with zero attached hydrogens (tertiary/aromatic N) is 2. The summed E-state index contributed by atoms with van der Waals surface area (Å²) in [4.78, 5) is 4.92. The molecule has 2 fully saturated rings. The van der Waals surface area contributed by atoms with Gasteiger partial charge in [0.2, 0.25) is 0 Å². The Morgan fingerprint density at radius 2 is 1.88 bits per heavy atom. The van der Waals surface area contributed by atoms with Crippen molar-refractivity contribution in [3.8, 4) is 0 Å². The molecule has 0 spiro atoms. The first-order chi connectivity index (χ1) is 7.75. The lowest BCUT2D eigenvalue weighted by molar-refractivity contribution is 0.143. The monoisotopic (exact) mass is 225 g/mol. The number of nitrogens with one attached hydrogen (secondary N) is 1. The van der Waals surface area contributed by atoms with Crippen molar-refractivity contribution in [3.63, 3.8) is 0 Å². The Morgan fingerprint density at radius 1 is 1.12 bits per heavy atom. The van der Waals surface area contributed by atoms with Crippen LogP contribution in [-0.4, -0.2) is 63.2 Å². The molecule has 0 bridgehead atoms. The molecule has 2 aliphatic heterocycles. The summed E-state index contributed by atoms with van der Waals surface area (Å²) in [5.74, 6) is 1.99. The molecule has 94 valence electrons. The van der Waals surface area contributed by atoms with E-state index in [2.05, 4.69) is 29.2 Å². The highest BCUT2D eigenvalue weighted by Crippen LogP contribution is 2.28. The molecular weight excluding hydrogens is 198 g/mol. The van der Waals surface area contributed by atoms with Crippen LogP contribution in [0.4, 0.5) is 0 Å². The summed E-state index contributed by atoms with van der Waals surface area (Å²) in [5.41, 5.74) is 0. The topological polar surface area (TPSA) is 18.5 Å². The molecule has 0 aromatic heterocycles. The fourth-order valence-electron chi connectivity index (χ4n) is 3.07. The molecule has 3 heteroatoms. The maximum Gasteiger partial charge on any atom is 0.0109 e. The molecule has 1 atom stereocenters. The van der Waals surface area contributed by atoms with Gasteiger partial charge in [-0.05, 0) is 71.4 Å². The van der Waals surface area contributed by atoms with E-state index in [0.717, 1.165) is 11.8 Å². The third-order valence-corrected chi connectivity index (χ3v) is 4.26. The molecule has 0 amide bonds. The van der Waals surface area contributed by atoms with Crippen molar-refractivity contribution < 1.29 is 0 Å².